The van der Waals surface area contributed by atoms with Crippen LogP contribution >= 0.6 is 11.8 Å². The first kappa shape index (κ1) is 12.6. The zero-order chi connectivity index (χ0) is 13.0. The third-order valence-corrected chi connectivity index (χ3v) is 3.27. The fraction of sp³-hybridized carbons (Fsp3) is 0.143. The molecule has 0 heterocycles. The molecule has 0 saturated heterocycles. The Kier molecular flexibility index (Phi) is 3.99. The Bertz CT molecular complexity index is 582. The summed E-state index contributed by atoms with van der Waals surface area (Å²) in [6, 6.07) is 13.1. The molecule has 0 aromatic heterocycles. The largest absolute Gasteiger partial charge is 0.506 e. The molecule has 0 aliphatic heterocycles. The number of nitrogens with zero attached hydrogens (tertiary/aromatic N) is 2. The van der Waals surface area contributed by atoms with Gasteiger partial charge in [0.1, 0.15) is 11.4 Å². The van der Waals surface area contributed by atoms with E-state index in [4.69, 9.17) is 0 Å². The number of phenolic OH excluding ortho intramolecular Hbond substituents is 1. The average molecular weight is 258 g/mol. The van der Waals surface area contributed by atoms with E-state index in [2.05, 4.69) is 10.2 Å². The third kappa shape index (κ3) is 2.90. The minimum atomic E-state index is 0.153. The van der Waals surface area contributed by atoms with E-state index in [9.17, 15) is 5.11 Å². The summed E-state index contributed by atoms with van der Waals surface area (Å²) >= 11 is 1.62. The van der Waals surface area contributed by atoms with Gasteiger partial charge >= 0.3 is 0 Å². The summed E-state index contributed by atoms with van der Waals surface area (Å²) in [5.41, 5.74) is 2.29. The number of benzene rings is 2. The standard InChI is InChI=1S/C14H14N2OS/c1-10-7-8-11(13(17)9-10)15-16-12-5-3-4-6-14(12)18-2/h3-9,17H,1-2H3. The molecule has 2 aromatic carbocycles. The molecule has 0 radical (unpaired) electrons. The topological polar surface area (TPSA) is 45.0 Å². The lowest BCUT2D eigenvalue weighted by molar-refractivity contribution is 0.476. The van der Waals surface area contributed by atoms with Crippen molar-refractivity contribution in [1.82, 2.24) is 0 Å². The van der Waals surface area contributed by atoms with Crippen LogP contribution in [0.3, 0.4) is 0 Å². The van der Waals surface area contributed by atoms with Gasteiger partial charge in [0, 0.05) is 4.90 Å². The number of phenols is 1. The van der Waals surface area contributed by atoms with Crippen molar-refractivity contribution in [3.63, 3.8) is 0 Å². The van der Waals surface area contributed by atoms with Crippen LogP contribution in [0.25, 0.3) is 0 Å². The van der Waals surface area contributed by atoms with Crippen molar-refractivity contribution < 1.29 is 5.11 Å². The van der Waals surface area contributed by atoms with E-state index in [1.165, 1.54) is 0 Å². The highest BCUT2D eigenvalue weighted by atomic mass is 32.2. The van der Waals surface area contributed by atoms with Crippen LogP contribution in [0, 0.1) is 6.92 Å². The van der Waals surface area contributed by atoms with E-state index in [-0.39, 0.29) is 5.75 Å². The Morgan fingerprint density at radius 1 is 1.00 bits per heavy atom. The van der Waals surface area contributed by atoms with Gasteiger partial charge in [0.15, 0.2) is 0 Å². The molecule has 0 amide bonds. The first-order chi connectivity index (χ1) is 8.70. The van der Waals surface area contributed by atoms with E-state index in [0.717, 1.165) is 16.1 Å². The van der Waals surface area contributed by atoms with Gasteiger partial charge in [-0.1, -0.05) is 18.2 Å². The van der Waals surface area contributed by atoms with Crippen LogP contribution in [-0.2, 0) is 0 Å². The first-order valence-electron chi connectivity index (χ1n) is 5.55. The number of hydrogen-bond acceptors (Lipinski definition) is 4. The molecular weight excluding hydrogens is 244 g/mol. The highest BCUT2D eigenvalue weighted by Gasteiger charge is 2.01. The molecule has 92 valence electrons. The van der Waals surface area contributed by atoms with Crippen molar-refractivity contribution in [2.75, 3.05) is 6.26 Å². The molecule has 0 unspecified atom stereocenters. The normalized spacial score (nSPS) is 11.0. The van der Waals surface area contributed by atoms with Crippen molar-refractivity contribution in [2.45, 2.75) is 11.8 Å². The molecule has 0 atom stereocenters. The lowest BCUT2D eigenvalue weighted by Gasteiger charge is -2.01. The van der Waals surface area contributed by atoms with Gasteiger partial charge in [-0.05, 0) is 43.0 Å². The van der Waals surface area contributed by atoms with Crippen LogP contribution in [0.4, 0.5) is 11.4 Å². The molecule has 1 N–H and O–H groups in total. The van der Waals surface area contributed by atoms with E-state index in [1.54, 1.807) is 23.9 Å². The molecular formula is C14H14N2OS. The summed E-state index contributed by atoms with van der Waals surface area (Å²) in [7, 11) is 0. The van der Waals surface area contributed by atoms with Gasteiger partial charge in [0.05, 0.1) is 5.69 Å². The predicted molar refractivity (Wildman–Crippen MR) is 75.2 cm³/mol. The van der Waals surface area contributed by atoms with Gasteiger partial charge in [-0.3, -0.25) is 0 Å². The van der Waals surface area contributed by atoms with Gasteiger partial charge in [0.2, 0.25) is 0 Å². The molecule has 2 aromatic rings. The van der Waals surface area contributed by atoms with Crippen molar-refractivity contribution in [1.29, 1.82) is 0 Å². The van der Waals surface area contributed by atoms with Crippen molar-refractivity contribution >= 4 is 23.1 Å². The maximum absolute atomic E-state index is 9.74. The maximum atomic E-state index is 9.74. The number of azo groups is 1. The van der Waals surface area contributed by atoms with Crippen molar-refractivity contribution in [3.8, 4) is 5.75 Å². The fourth-order valence-electron chi connectivity index (χ4n) is 1.54. The molecule has 3 nitrogen and oxygen atoms in total. The van der Waals surface area contributed by atoms with E-state index in [0.29, 0.717) is 5.69 Å². The number of thioether (sulfide) groups is 1. The Balaban J connectivity index is 2.30. The molecule has 0 bridgehead atoms. The Hall–Kier alpha value is -1.81. The van der Waals surface area contributed by atoms with Gasteiger partial charge in [-0.25, -0.2) is 0 Å². The molecule has 0 fully saturated rings. The monoisotopic (exact) mass is 258 g/mol. The van der Waals surface area contributed by atoms with E-state index < -0.39 is 0 Å². The van der Waals surface area contributed by atoms with E-state index >= 15 is 0 Å². The van der Waals surface area contributed by atoms with Gasteiger partial charge in [-0.2, -0.15) is 0 Å². The zero-order valence-corrected chi connectivity index (χ0v) is 11.1. The molecule has 2 rings (SSSR count). The van der Waals surface area contributed by atoms with Crippen LogP contribution in [0.15, 0.2) is 57.6 Å². The minimum absolute atomic E-state index is 0.153. The van der Waals surface area contributed by atoms with Crippen LogP contribution < -0.4 is 0 Å². The SMILES string of the molecule is CSc1ccccc1N=Nc1ccc(C)cc1O. The summed E-state index contributed by atoms with van der Waals surface area (Å²) in [6.45, 7) is 1.92. The van der Waals surface area contributed by atoms with Gasteiger partial charge in [0.25, 0.3) is 0 Å². The van der Waals surface area contributed by atoms with Crippen LogP contribution in [-0.4, -0.2) is 11.4 Å². The number of aromatic hydroxyl groups is 1. The van der Waals surface area contributed by atoms with Crippen molar-refractivity contribution in [3.05, 3.63) is 48.0 Å². The summed E-state index contributed by atoms with van der Waals surface area (Å²) in [5, 5.41) is 18.0. The van der Waals surface area contributed by atoms with E-state index in [1.807, 2.05) is 43.5 Å². The fourth-order valence-corrected chi connectivity index (χ4v) is 2.07. The maximum Gasteiger partial charge on any atom is 0.143 e. The summed E-state index contributed by atoms with van der Waals surface area (Å²) in [5.74, 6) is 0.153. The van der Waals surface area contributed by atoms with Crippen LogP contribution in [0.1, 0.15) is 5.56 Å². The van der Waals surface area contributed by atoms with Crippen LogP contribution in [0.2, 0.25) is 0 Å². The smallest absolute Gasteiger partial charge is 0.143 e. The first-order valence-corrected chi connectivity index (χ1v) is 6.77. The number of aryl methyl sites for hydroxylation is 1. The molecule has 0 aliphatic rings. The molecule has 4 heteroatoms. The average Bonchev–Trinajstić information content (AvgIpc) is 2.38. The van der Waals surface area contributed by atoms with Gasteiger partial charge in [-0.15, -0.1) is 22.0 Å². The Morgan fingerprint density at radius 3 is 2.44 bits per heavy atom. The third-order valence-electron chi connectivity index (χ3n) is 2.48. The molecule has 18 heavy (non-hydrogen) atoms. The highest BCUT2D eigenvalue weighted by Crippen LogP contribution is 2.32. The van der Waals surface area contributed by atoms with Gasteiger partial charge < -0.3 is 5.11 Å². The highest BCUT2D eigenvalue weighted by molar-refractivity contribution is 7.98. The quantitative estimate of drug-likeness (QED) is 0.632. The van der Waals surface area contributed by atoms with Crippen molar-refractivity contribution in [2.24, 2.45) is 10.2 Å². The summed E-state index contributed by atoms with van der Waals surface area (Å²) < 4.78 is 0. The minimum Gasteiger partial charge on any atom is -0.506 e. The molecule has 0 saturated carbocycles. The lowest BCUT2D eigenvalue weighted by atomic mass is 10.2. The predicted octanol–water partition coefficient (Wildman–Crippen LogP) is 4.84. The zero-order valence-electron chi connectivity index (χ0n) is 10.3. The second kappa shape index (κ2) is 5.69. The molecule has 0 spiro atoms. The summed E-state index contributed by atoms with van der Waals surface area (Å²) in [4.78, 5) is 1.06. The number of hydrogen-bond donors (Lipinski definition) is 1. The number of rotatable bonds is 3. The Morgan fingerprint density at radius 2 is 1.72 bits per heavy atom. The second-order valence-corrected chi connectivity index (χ2v) is 4.71. The lowest BCUT2D eigenvalue weighted by Crippen LogP contribution is -1.73. The summed E-state index contributed by atoms with van der Waals surface area (Å²) in [6.07, 6.45) is 2.00. The molecule has 0 aliphatic carbocycles. The second-order valence-electron chi connectivity index (χ2n) is 3.86. The van der Waals surface area contributed by atoms with Crippen LogP contribution in [0.5, 0.6) is 5.75 Å². The Labute approximate surface area is 111 Å².